The van der Waals surface area contributed by atoms with Crippen LogP contribution < -0.4 is 9.62 Å². The quantitative estimate of drug-likeness (QED) is 0.293. The molecule has 0 unspecified atom stereocenters. The van der Waals surface area contributed by atoms with Gasteiger partial charge in [-0.1, -0.05) is 93.1 Å². The number of benzene rings is 3. The lowest BCUT2D eigenvalue weighted by atomic mass is 10.0. The standard InChI is InChI=1S/C33H43N3O4S/c1-7-26(5)34-33(38)31(21-27-13-9-8-10-14-27)35(22-28-15-11-12-25(4)20-28)32(37)23-36(41(6,39)40)30-18-16-29(17-19-30)24(2)3/h8-20,24,26,31H,7,21-23H2,1-6H3,(H,34,38)/t26-,31+/m0/s1. The summed E-state index contributed by atoms with van der Waals surface area (Å²) in [7, 11) is -3.80. The Morgan fingerprint density at radius 1 is 0.878 bits per heavy atom. The Morgan fingerprint density at radius 3 is 2.07 bits per heavy atom. The second-order valence-electron chi connectivity index (χ2n) is 11.0. The molecule has 3 aromatic rings. The maximum atomic E-state index is 14.2. The van der Waals surface area contributed by atoms with E-state index in [1.54, 1.807) is 12.1 Å². The predicted molar refractivity (Wildman–Crippen MR) is 166 cm³/mol. The van der Waals surface area contributed by atoms with Gasteiger partial charge in [0.1, 0.15) is 12.6 Å². The van der Waals surface area contributed by atoms with Gasteiger partial charge in [0.05, 0.1) is 11.9 Å². The van der Waals surface area contributed by atoms with Crippen molar-refractivity contribution in [3.8, 4) is 0 Å². The van der Waals surface area contributed by atoms with Crippen LogP contribution in [0.1, 0.15) is 62.3 Å². The number of hydrogen-bond donors (Lipinski definition) is 1. The van der Waals surface area contributed by atoms with Crippen molar-refractivity contribution in [3.05, 3.63) is 101 Å². The summed E-state index contributed by atoms with van der Waals surface area (Å²) in [5, 5.41) is 3.05. The first-order valence-corrected chi connectivity index (χ1v) is 16.0. The molecule has 0 aromatic heterocycles. The molecule has 0 spiro atoms. The van der Waals surface area contributed by atoms with E-state index in [2.05, 4.69) is 19.2 Å². The normalized spacial score (nSPS) is 13.0. The molecule has 3 aromatic carbocycles. The van der Waals surface area contributed by atoms with Crippen LogP contribution in [0.3, 0.4) is 0 Å². The maximum Gasteiger partial charge on any atom is 0.244 e. The van der Waals surface area contributed by atoms with Crippen molar-refractivity contribution in [1.82, 2.24) is 10.2 Å². The summed E-state index contributed by atoms with van der Waals surface area (Å²) in [6, 6.07) is 23.6. The molecule has 8 heteroatoms. The van der Waals surface area contributed by atoms with Gasteiger partial charge in [0, 0.05) is 19.0 Å². The molecule has 0 heterocycles. The number of nitrogens with one attached hydrogen (secondary N) is 1. The molecule has 220 valence electrons. The fourth-order valence-electron chi connectivity index (χ4n) is 4.64. The molecular formula is C33H43N3O4S. The average Bonchev–Trinajstić information content (AvgIpc) is 2.93. The fourth-order valence-corrected chi connectivity index (χ4v) is 5.49. The van der Waals surface area contributed by atoms with Gasteiger partial charge >= 0.3 is 0 Å². The van der Waals surface area contributed by atoms with Crippen LogP contribution in [0.25, 0.3) is 0 Å². The first-order chi connectivity index (χ1) is 19.4. The third-order valence-corrected chi connectivity index (χ3v) is 8.38. The summed E-state index contributed by atoms with van der Waals surface area (Å²) < 4.78 is 27.1. The number of carbonyl (C=O) groups is 2. The van der Waals surface area contributed by atoms with E-state index in [9.17, 15) is 18.0 Å². The van der Waals surface area contributed by atoms with Crippen molar-refractivity contribution >= 4 is 27.5 Å². The van der Waals surface area contributed by atoms with Crippen LogP contribution in [-0.4, -0.2) is 50.0 Å². The van der Waals surface area contributed by atoms with Crippen LogP contribution in [0, 0.1) is 6.92 Å². The van der Waals surface area contributed by atoms with Crippen molar-refractivity contribution in [3.63, 3.8) is 0 Å². The molecule has 2 amide bonds. The highest BCUT2D eigenvalue weighted by molar-refractivity contribution is 7.92. The van der Waals surface area contributed by atoms with E-state index < -0.39 is 28.5 Å². The minimum atomic E-state index is -3.80. The molecule has 3 rings (SSSR count). The molecule has 0 radical (unpaired) electrons. The van der Waals surface area contributed by atoms with Crippen LogP contribution in [0.5, 0.6) is 0 Å². The Hall–Kier alpha value is -3.65. The Bertz CT molecular complexity index is 1410. The molecule has 0 saturated carbocycles. The first kappa shape index (κ1) is 31.9. The number of hydrogen-bond acceptors (Lipinski definition) is 4. The zero-order chi connectivity index (χ0) is 30.2. The molecule has 41 heavy (non-hydrogen) atoms. The summed E-state index contributed by atoms with van der Waals surface area (Å²) in [5.41, 5.74) is 4.27. The van der Waals surface area contributed by atoms with Gasteiger partial charge in [-0.05, 0) is 55.0 Å². The molecule has 2 atom stereocenters. The monoisotopic (exact) mass is 577 g/mol. The van der Waals surface area contributed by atoms with Gasteiger partial charge < -0.3 is 10.2 Å². The number of aryl methyl sites for hydroxylation is 1. The van der Waals surface area contributed by atoms with Crippen molar-refractivity contribution in [2.24, 2.45) is 0 Å². The van der Waals surface area contributed by atoms with Crippen molar-refractivity contribution in [1.29, 1.82) is 0 Å². The molecular weight excluding hydrogens is 534 g/mol. The highest BCUT2D eigenvalue weighted by atomic mass is 32.2. The minimum Gasteiger partial charge on any atom is -0.352 e. The van der Waals surface area contributed by atoms with Crippen LogP contribution in [0.2, 0.25) is 0 Å². The number of rotatable bonds is 13. The van der Waals surface area contributed by atoms with Gasteiger partial charge in [-0.2, -0.15) is 0 Å². The lowest BCUT2D eigenvalue weighted by Crippen LogP contribution is -2.54. The first-order valence-electron chi connectivity index (χ1n) is 14.2. The number of sulfonamides is 1. The lowest BCUT2D eigenvalue weighted by molar-refractivity contribution is -0.140. The van der Waals surface area contributed by atoms with Crippen LogP contribution in [0.4, 0.5) is 5.69 Å². The summed E-state index contributed by atoms with van der Waals surface area (Å²) in [6.45, 7) is 9.75. The van der Waals surface area contributed by atoms with Crippen molar-refractivity contribution in [2.75, 3.05) is 17.1 Å². The molecule has 7 nitrogen and oxygen atoms in total. The molecule has 0 fully saturated rings. The molecule has 0 bridgehead atoms. The second kappa shape index (κ2) is 14.3. The van der Waals surface area contributed by atoms with E-state index in [0.717, 1.165) is 39.2 Å². The summed E-state index contributed by atoms with van der Waals surface area (Å²) in [6.07, 6.45) is 2.13. The van der Waals surface area contributed by atoms with Crippen LogP contribution in [-0.2, 0) is 32.6 Å². The Morgan fingerprint density at radius 2 is 1.51 bits per heavy atom. The van der Waals surface area contributed by atoms with Crippen molar-refractivity contribution < 1.29 is 18.0 Å². The van der Waals surface area contributed by atoms with E-state index in [0.29, 0.717) is 12.1 Å². The van der Waals surface area contributed by atoms with E-state index in [1.807, 2.05) is 87.5 Å². The zero-order valence-corrected chi connectivity index (χ0v) is 25.8. The topological polar surface area (TPSA) is 86.8 Å². The molecule has 0 saturated heterocycles. The smallest absolute Gasteiger partial charge is 0.244 e. The van der Waals surface area contributed by atoms with Crippen LogP contribution in [0.15, 0.2) is 78.9 Å². The molecule has 0 aliphatic carbocycles. The minimum absolute atomic E-state index is 0.0799. The highest BCUT2D eigenvalue weighted by Gasteiger charge is 2.33. The highest BCUT2D eigenvalue weighted by Crippen LogP contribution is 2.23. The predicted octanol–water partition coefficient (Wildman–Crippen LogP) is 5.44. The Kier molecular flexibility index (Phi) is 11.1. The largest absolute Gasteiger partial charge is 0.352 e. The number of anilines is 1. The number of carbonyl (C=O) groups excluding carboxylic acids is 2. The van der Waals surface area contributed by atoms with E-state index in [4.69, 9.17) is 0 Å². The average molecular weight is 578 g/mol. The summed E-state index contributed by atoms with van der Waals surface area (Å²) >= 11 is 0. The van der Waals surface area contributed by atoms with E-state index in [1.165, 1.54) is 4.90 Å². The van der Waals surface area contributed by atoms with Gasteiger partial charge in [-0.25, -0.2) is 8.42 Å². The lowest BCUT2D eigenvalue weighted by Gasteiger charge is -2.34. The van der Waals surface area contributed by atoms with Gasteiger partial charge in [-0.3, -0.25) is 13.9 Å². The molecule has 1 N–H and O–H groups in total. The summed E-state index contributed by atoms with van der Waals surface area (Å²) in [4.78, 5) is 29.4. The van der Waals surface area contributed by atoms with Crippen LogP contribution >= 0.6 is 0 Å². The third-order valence-electron chi connectivity index (χ3n) is 7.23. The van der Waals surface area contributed by atoms with Gasteiger partial charge in [-0.15, -0.1) is 0 Å². The summed E-state index contributed by atoms with van der Waals surface area (Å²) in [5.74, 6) is -0.438. The zero-order valence-electron chi connectivity index (χ0n) is 25.0. The molecule has 0 aliphatic heterocycles. The van der Waals surface area contributed by atoms with E-state index >= 15 is 0 Å². The molecule has 0 aliphatic rings. The number of amides is 2. The Balaban J connectivity index is 2.05. The fraction of sp³-hybridized carbons (Fsp3) is 0.394. The second-order valence-corrected chi connectivity index (χ2v) is 13.0. The van der Waals surface area contributed by atoms with Crippen molar-refractivity contribution in [2.45, 2.75) is 72.0 Å². The van der Waals surface area contributed by atoms with Gasteiger partial charge in [0.2, 0.25) is 21.8 Å². The van der Waals surface area contributed by atoms with E-state index in [-0.39, 0.29) is 24.4 Å². The maximum absolute atomic E-state index is 14.2. The van der Waals surface area contributed by atoms with Gasteiger partial charge in [0.25, 0.3) is 0 Å². The third kappa shape index (κ3) is 9.18. The number of nitrogens with zero attached hydrogens (tertiary/aromatic N) is 2. The Labute approximate surface area is 245 Å². The SMILES string of the molecule is CC[C@H](C)NC(=O)[C@@H](Cc1ccccc1)N(Cc1cccc(C)c1)C(=O)CN(c1ccc(C(C)C)cc1)S(C)(=O)=O. The van der Waals surface area contributed by atoms with Gasteiger partial charge in [0.15, 0.2) is 0 Å².